The molecule has 128 valence electrons. The minimum atomic E-state index is -0.410. The van der Waals surface area contributed by atoms with Gasteiger partial charge in [-0.1, -0.05) is 29.0 Å². The number of carbonyl (C=O) groups excluding carboxylic acids is 2. The molecule has 0 aliphatic heterocycles. The summed E-state index contributed by atoms with van der Waals surface area (Å²) in [4.78, 5) is 27.9. The van der Waals surface area contributed by atoms with Gasteiger partial charge in [-0.25, -0.2) is 9.78 Å². The molecule has 0 bridgehead atoms. The molecule has 25 heavy (non-hydrogen) atoms. The molecule has 3 rings (SSSR count). The van der Waals surface area contributed by atoms with Crippen LogP contribution in [0.4, 0.5) is 5.13 Å². The summed E-state index contributed by atoms with van der Waals surface area (Å²) in [6.07, 6.45) is 0. The number of hydrogen-bond donors (Lipinski definition) is 1. The number of nitrogens with one attached hydrogen (secondary N) is 1. The van der Waals surface area contributed by atoms with Crippen molar-refractivity contribution < 1.29 is 19.1 Å². The SMILES string of the molecule is COC(=O)c1ccc2nc(NC(=O)COc3ccc(C)cc3)sc2c1. The predicted octanol–water partition coefficient (Wildman–Crippen LogP) is 3.41. The first kappa shape index (κ1) is 16.9. The zero-order valence-corrected chi connectivity index (χ0v) is 14.6. The molecule has 2 aromatic carbocycles. The third-order valence-electron chi connectivity index (χ3n) is 3.45. The van der Waals surface area contributed by atoms with Crippen molar-refractivity contribution in [3.8, 4) is 5.75 Å². The number of carbonyl (C=O) groups is 2. The second-order valence-electron chi connectivity index (χ2n) is 5.34. The largest absolute Gasteiger partial charge is 0.484 e. The summed E-state index contributed by atoms with van der Waals surface area (Å²) in [7, 11) is 1.33. The van der Waals surface area contributed by atoms with Crippen LogP contribution < -0.4 is 10.1 Å². The van der Waals surface area contributed by atoms with Gasteiger partial charge in [-0.05, 0) is 37.3 Å². The van der Waals surface area contributed by atoms with E-state index in [9.17, 15) is 9.59 Å². The molecule has 0 saturated heterocycles. The maximum absolute atomic E-state index is 12.0. The average Bonchev–Trinajstić information content (AvgIpc) is 3.01. The van der Waals surface area contributed by atoms with Crippen molar-refractivity contribution in [2.24, 2.45) is 0 Å². The molecule has 0 aliphatic carbocycles. The Morgan fingerprint density at radius 1 is 1.16 bits per heavy atom. The van der Waals surface area contributed by atoms with Gasteiger partial charge < -0.3 is 9.47 Å². The van der Waals surface area contributed by atoms with Crippen LogP contribution in [0.5, 0.6) is 5.75 Å². The fourth-order valence-corrected chi connectivity index (χ4v) is 3.08. The Balaban J connectivity index is 1.64. The molecule has 0 fully saturated rings. The molecule has 1 heterocycles. The summed E-state index contributed by atoms with van der Waals surface area (Å²) in [6, 6.07) is 12.5. The lowest BCUT2D eigenvalue weighted by molar-refractivity contribution is -0.118. The molecule has 1 N–H and O–H groups in total. The van der Waals surface area contributed by atoms with Gasteiger partial charge in [0.15, 0.2) is 11.7 Å². The van der Waals surface area contributed by atoms with E-state index in [1.54, 1.807) is 18.2 Å². The van der Waals surface area contributed by atoms with E-state index < -0.39 is 5.97 Å². The molecule has 3 aromatic rings. The number of benzene rings is 2. The second-order valence-corrected chi connectivity index (χ2v) is 6.37. The van der Waals surface area contributed by atoms with Crippen LogP contribution in [0.3, 0.4) is 0 Å². The Kier molecular flexibility index (Phi) is 4.95. The monoisotopic (exact) mass is 356 g/mol. The van der Waals surface area contributed by atoms with Gasteiger partial charge in [-0.3, -0.25) is 10.1 Å². The van der Waals surface area contributed by atoms with Crippen molar-refractivity contribution in [2.45, 2.75) is 6.92 Å². The van der Waals surface area contributed by atoms with Gasteiger partial charge >= 0.3 is 5.97 Å². The number of fused-ring (bicyclic) bond motifs is 1. The van der Waals surface area contributed by atoms with E-state index in [-0.39, 0.29) is 12.5 Å². The van der Waals surface area contributed by atoms with Crippen molar-refractivity contribution in [2.75, 3.05) is 19.0 Å². The summed E-state index contributed by atoms with van der Waals surface area (Å²) in [5.41, 5.74) is 2.27. The number of hydrogen-bond acceptors (Lipinski definition) is 6. The Hall–Kier alpha value is -2.93. The standard InChI is InChI=1S/C18H16N2O4S/c1-11-3-6-13(7-4-11)24-10-16(21)20-18-19-14-8-5-12(17(22)23-2)9-15(14)25-18/h3-9H,10H2,1-2H3,(H,19,20,21). The van der Waals surface area contributed by atoms with Gasteiger partial charge in [0, 0.05) is 0 Å². The number of ether oxygens (including phenoxy) is 2. The van der Waals surface area contributed by atoms with Crippen LogP contribution in [0.15, 0.2) is 42.5 Å². The van der Waals surface area contributed by atoms with Crippen molar-refractivity contribution in [1.82, 2.24) is 4.98 Å². The summed E-state index contributed by atoms with van der Waals surface area (Å²) < 4.78 is 10.9. The zero-order valence-electron chi connectivity index (χ0n) is 13.7. The number of anilines is 1. The van der Waals surface area contributed by atoms with Crippen LogP contribution >= 0.6 is 11.3 Å². The van der Waals surface area contributed by atoms with E-state index in [4.69, 9.17) is 9.47 Å². The molecule has 1 aromatic heterocycles. The third-order valence-corrected chi connectivity index (χ3v) is 4.38. The molecule has 7 heteroatoms. The van der Waals surface area contributed by atoms with Crippen LogP contribution in [-0.4, -0.2) is 30.6 Å². The Morgan fingerprint density at radius 2 is 1.92 bits per heavy atom. The van der Waals surface area contributed by atoms with Crippen molar-refractivity contribution in [3.63, 3.8) is 0 Å². The van der Waals surface area contributed by atoms with E-state index in [1.807, 2.05) is 31.2 Å². The zero-order chi connectivity index (χ0) is 17.8. The van der Waals surface area contributed by atoms with Crippen LogP contribution in [0, 0.1) is 6.92 Å². The number of aryl methyl sites for hydroxylation is 1. The number of methoxy groups -OCH3 is 1. The molecule has 1 amide bonds. The molecule has 6 nitrogen and oxygen atoms in total. The molecule has 0 unspecified atom stereocenters. The lowest BCUT2D eigenvalue weighted by atomic mass is 10.2. The molecule has 0 saturated carbocycles. The second kappa shape index (κ2) is 7.31. The van der Waals surface area contributed by atoms with Gasteiger partial charge in [-0.15, -0.1) is 0 Å². The first-order valence-electron chi connectivity index (χ1n) is 7.53. The number of aromatic nitrogens is 1. The molecule has 0 atom stereocenters. The highest BCUT2D eigenvalue weighted by Gasteiger charge is 2.11. The fourth-order valence-electron chi connectivity index (χ4n) is 2.16. The molecule has 0 spiro atoms. The first-order chi connectivity index (χ1) is 12.0. The molecular formula is C18H16N2O4S. The van der Waals surface area contributed by atoms with Gasteiger partial charge in [0.2, 0.25) is 0 Å². The van der Waals surface area contributed by atoms with Gasteiger partial charge in [0.25, 0.3) is 5.91 Å². The van der Waals surface area contributed by atoms with E-state index in [0.29, 0.717) is 22.0 Å². The highest BCUT2D eigenvalue weighted by atomic mass is 32.1. The lowest BCUT2D eigenvalue weighted by Crippen LogP contribution is -2.19. The van der Waals surface area contributed by atoms with Crippen LogP contribution in [-0.2, 0) is 9.53 Å². The Morgan fingerprint density at radius 3 is 2.64 bits per heavy atom. The Bertz CT molecular complexity index is 918. The Labute approximate surface area is 148 Å². The maximum atomic E-state index is 12.0. The number of esters is 1. The predicted molar refractivity (Wildman–Crippen MR) is 96.3 cm³/mol. The van der Waals surface area contributed by atoms with Crippen molar-refractivity contribution in [3.05, 3.63) is 53.6 Å². The van der Waals surface area contributed by atoms with E-state index in [2.05, 4.69) is 10.3 Å². The maximum Gasteiger partial charge on any atom is 0.337 e. The van der Waals surface area contributed by atoms with Gasteiger partial charge in [0.1, 0.15) is 5.75 Å². The highest BCUT2D eigenvalue weighted by Crippen LogP contribution is 2.27. The first-order valence-corrected chi connectivity index (χ1v) is 8.35. The van der Waals surface area contributed by atoms with E-state index in [1.165, 1.54) is 18.4 Å². The summed E-state index contributed by atoms with van der Waals surface area (Å²) in [5.74, 6) is -0.0759. The number of rotatable bonds is 5. The lowest BCUT2D eigenvalue weighted by Gasteiger charge is -2.05. The van der Waals surface area contributed by atoms with Gasteiger partial charge in [0.05, 0.1) is 22.9 Å². The molecular weight excluding hydrogens is 340 g/mol. The smallest absolute Gasteiger partial charge is 0.337 e. The number of nitrogens with zero attached hydrogens (tertiary/aromatic N) is 1. The third kappa shape index (κ3) is 4.13. The molecule has 0 aliphatic rings. The fraction of sp³-hybridized carbons (Fsp3) is 0.167. The number of amides is 1. The highest BCUT2D eigenvalue weighted by molar-refractivity contribution is 7.22. The minimum Gasteiger partial charge on any atom is -0.484 e. The topological polar surface area (TPSA) is 77.5 Å². The molecule has 0 radical (unpaired) electrons. The van der Waals surface area contributed by atoms with Crippen LogP contribution in [0.1, 0.15) is 15.9 Å². The van der Waals surface area contributed by atoms with Crippen molar-refractivity contribution in [1.29, 1.82) is 0 Å². The van der Waals surface area contributed by atoms with Crippen LogP contribution in [0.2, 0.25) is 0 Å². The van der Waals surface area contributed by atoms with Crippen molar-refractivity contribution >= 4 is 38.6 Å². The average molecular weight is 356 g/mol. The van der Waals surface area contributed by atoms with E-state index in [0.717, 1.165) is 10.3 Å². The number of thiazole rings is 1. The van der Waals surface area contributed by atoms with E-state index >= 15 is 0 Å². The van der Waals surface area contributed by atoms with Gasteiger partial charge in [-0.2, -0.15) is 0 Å². The normalized spacial score (nSPS) is 10.5. The minimum absolute atomic E-state index is 0.105. The summed E-state index contributed by atoms with van der Waals surface area (Å²) in [5, 5.41) is 3.16. The summed E-state index contributed by atoms with van der Waals surface area (Å²) in [6.45, 7) is 1.88. The van der Waals surface area contributed by atoms with Crippen LogP contribution in [0.25, 0.3) is 10.2 Å². The summed E-state index contributed by atoms with van der Waals surface area (Å²) >= 11 is 1.28. The quantitative estimate of drug-likeness (QED) is 0.709.